The minimum absolute atomic E-state index is 0.0514. The van der Waals surface area contributed by atoms with Crippen LogP contribution < -0.4 is 11.1 Å². The maximum atomic E-state index is 14.5. The third-order valence-electron chi connectivity index (χ3n) is 5.22. The summed E-state index contributed by atoms with van der Waals surface area (Å²) >= 11 is 0. The number of anilines is 1. The van der Waals surface area contributed by atoms with Gasteiger partial charge in [-0.15, -0.1) is 0 Å². The van der Waals surface area contributed by atoms with Gasteiger partial charge < -0.3 is 11.1 Å². The number of nitrogens with one attached hydrogen (secondary N) is 1. The van der Waals surface area contributed by atoms with Crippen molar-refractivity contribution in [3.63, 3.8) is 0 Å². The summed E-state index contributed by atoms with van der Waals surface area (Å²) in [7, 11) is 0. The van der Waals surface area contributed by atoms with Crippen molar-refractivity contribution in [2.24, 2.45) is 5.73 Å². The van der Waals surface area contributed by atoms with Crippen LogP contribution in [0.1, 0.15) is 37.8 Å². The van der Waals surface area contributed by atoms with Gasteiger partial charge in [-0.05, 0) is 49.7 Å². The number of pyridine rings is 1. The number of carbonyl (C=O) groups is 2. The highest BCUT2D eigenvalue weighted by Crippen LogP contribution is 2.26. The normalized spacial score (nSPS) is 11.1. The molecule has 2 aromatic heterocycles. The fourth-order valence-corrected chi connectivity index (χ4v) is 3.57. The highest BCUT2D eigenvalue weighted by molar-refractivity contribution is 6.14. The van der Waals surface area contributed by atoms with Crippen molar-refractivity contribution in [1.29, 1.82) is 0 Å². The summed E-state index contributed by atoms with van der Waals surface area (Å²) in [5.41, 5.74) is 6.98. The third-order valence-corrected chi connectivity index (χ3v) is 5.22. The molecule has 0 atom stereocenters. The van der Waals surface area contributed by atoms with Crippen molar-refractivity contribution in [3.8, 4) is 0 Å². The number of carbonyl (C=O) groups excluding carboxylic acids is 2. The zero-order valence-corrected chi connectivity index (χ0v) is 17.6. The summed E-state index contributed by atoms with van der Waals surface area (Å²) in [6.07, 6.45) is 0. The molecule has 2 heterocycles. The van der Waals surface area contributed by atoms with Gasteiger partial charge in [-0.1, -0.05) is 12.1 Å². The number of rotatable bonds is 5. The van der Waals surface area contributed by atoms with Gasteiger partial charge in [0.1, 0.15) is 11.5 Å². The predicted molar refractivity (Wildman–Crippen MR) is 115 cm³/mol. The Morgan fingerprint density at radius 2 is 1.79 bits per heavy atom. The van der Waals surface area contributed by atoms with Crippen LogP contribution in [0.3, 0.4) is 0 Å². The molecule has 10 heteroatoms. The monoisotopic (exact) mass is 453 g/mol. The van der Waals surface area contributed by atoms with Crippen LogP contribution in [0.2, 0.25) is 0 Å². The number of nitrogens with two attached hydrogens (primary N) is 1. The summed E-state index contributed by atoms with van der Waals surface area (Å²) in [5.74, 6) is -4.15. The lowest BCUT2D eigenvalue weighted by molar-refractivity contribution is 0.0996. The number of nitrogens with zero attached hydrogens (tertiary/aromatic N) is 3. The molecule has 33 heavy (non-hydrogen) atoms. The molecule has 0 aliphatic carbocycles. The lowest BCUT2D eigenvalue weighted by atomic mass is 10.1. The number of amides is 2. The van der Waals surface area contributed by atoms with Gasteiger partial charge in [-0.25, -0.2) is 18.2 Å². The van der Waals surface area contributed by atoms with Crippen LogP contribution in [0.25, 0.3) is 10.9 Å². The lowest BCUT2D eigenvalue weighted by Crippen LogP contribution is -2.18. The maximum Gasteiger partial charge on any atom is 0.267 e. The highest BCUT2D eigenvalue weighted by atomic mass is 19.2. The van der Waals surface area contributed by atoms with Crippen LogP contribution >= 0.6 is 0 Å². The quantitative estimate of drug-likeness (QED) is 0.479. The number of primary amides is 1. The standard InChI is InChI=1S/C23H18F3N5O2/c1-11-21(12(2)31(30-11)10-13-6-7-15(24)17(26)8-13)29-23(33)14-9-19(22(27)32)28-18-5-3-4-16(25)20(14)18/h3-9H,10H2,1-2H3,(H2,27,32)(H,29,33). The lowest BCUT2D eigenvalue weighted by Gasteiger charge is -2.11. The molecule has 0 saturated carbocycles. The molecule has 168 valence electrons. The van der Waals surface area contributed by atoms with Gasteiger partial charge >= 0.3 is 0 Å². The molecule has 2 aromatic carbocycles. The van der Waals surface area contributed by atoms with E-state index in [-0.39, 0.29) is 28.7 Å². The first-order valence-corrected chi connectivity index (χ1v) is 9.84. The van der Waals surface area contributed by atoms with Crippen molar-refractivity contribution < 1.29 is 22.8 Å². The summed E-state index contributed by atoms with van der Waals surface area (Å²) in [6, 6.07) is 8.73. The Morgan fingerprint density at radius 3 is 2.48 bits per heavy atom. The first kappa shape index (κ1) is 22.0. The summed E-state index contributed by atoms with van der Waals surface area (Å²) in [6.45, 7) is 3.48. The minimum Gasteiger partial charge on any atom is -0.364 e. The second-order valence-electron chi connectivity index (χ2n) is 7.46. The fraction of sp³-hybridized carbons (Fsp3) is 0.130. The molecule has 0 radical (unpaired) electrons. The maximum absolute atomic E-state index is 14.5. The number of halogens is 3. The van der Waals surface area contributed by atoms with E-state index in [1.54, 1.807) is 13.8 Å². The van der Waals surface area contributed by atoms with Crippen LogP contribution in [-0.4, -0.2) is 26.6 Å². The molecule has 0 unspecified atom stereocenters. The van der Waals surface area contributed by atoms with Crippen molar-refractivity contribution in [2.75, 3.05) is 5.32 Å². The average Bonchev–Trinajstić information content (AvgIpc) is 3.03. The molecule has 4 aromatic rings. The van der Waals surface area contributed by atoms with E-state index in [0.717, 1.165) is 18.2 Å². The molecule has 0 fully saturated rings. The number of aromatic nitrogens is 3. The summed E-state index contributed by atoms with van der Waals surface area (Å²) in [5, 5.41) is 7.01. The molecule has 0 aliphatic rings. The van der Waals surface area contributed by atoms with E-state index in [1.807, 2.05) is 0 Å². The molecular weight excluding hydrogens is 435 g/mol. The molecule has 4 rings (SSSR count). The first-order valence-electron chi connectivity index (χ1n) is 9.84. The second-order valence-corrected chi connectivity index (χ2v) is 7.46. The van der Waals surface area contributed by atoms with E-state index in [1.165, 1.54) is 28.9 Å². The first-order chi connectivity index (χ1) is 15.7. The molecule has 0 bridgehead atoms. The number of benzene rings is 2. The van der Waals surface area contributed by atoms with Gasteiger partial charge in [-0.2, -0.15) is 5.10 Å². The topological polar surface area (TPSA) is 103 Å². The Hall–Kier alpha value is -4.21. The van der Waals surface area contributed by atoms with Gasteiger partial charge in [0.25, 0.3) is 11.8 Å². The molecule has 0 saturated heterocycles. The number of hydrogen-bond acceptors (Lipinski definition) is 4. The average molecular weight is 453 g/mol. The Balaban J connectivity index is 1.70. The van der Waals surface area contributed by atoms with E-state index >= 15 is 0 Å². The Kier molecular flexibility index (Phi) is 5.59. The Morgan fingerprint density at radius 1 is 1.03 bits per heavy atom. The summed E-state index contributed by atoms with van der Waals surface area (Å²) in [4.78, 5) is 28.8. The number of aryl methyl sites for hydroxylation is 1. The van der Waals surface area contributed by atoms with Crippen molar-refractivity contribution >= 4 is 28.4 Å². The van der Waals surface area contributed by atoms with Crippen LogP contribution in [0.4, 0.5) is 18.9 Å². The van der Waals surface area contributed by atoms with E-state index in [9.17, 15) is 22.8 Å². The van der Waals surface area contributed by atoms with Gasteiger partial charge in [-0.3, -0.25) is 14.3 Å². The largest absolute Gasteiger partial charge is 0.364 e. The number of hydrogen-bond donors (Lipinski definition) is 2. The van der Waals surface area contributed by atoms with Gasteiger partial charge in [0.2, 0.25) is 0 Å². The molecule has 7 nitrogen and oxygen atoms in total. The second kappa shape index (κ2) is 8.38. The fourth-order valence-electron chi connectivity index (χ4n) is 3.57. The number of fused-ring (bicyclic) bond motifs is 1. The molecular formula is C23H18F3N5O2. The molecule has 0 aliphatic heterocycles. The van der Waals surface area contributed by atoms with E-state index in [0.29, 0.717) is 22.6 Å². The SMILES string of the molecule is Cc1nn(Cc2ccc(F)c(F)c2)c(C)c1NC(=O)c1cc(C(N)=O)nc2cccc(F)c12. The zero-order chi connectivity index (χ0) is 23.9. The molecule has 2 amide bonds. The van der Waals surface area contributed by atoms with Crippen LogP contribution in [0.5, 0.6) is 0 Å². The van der Waals surface area contributed by atoms with Gasteiger partial charge in [0.05, 0.1) is 34.7 Å². The van der Waals surface area contributed by atoms with Gasteiger partial charge in [0.15, 0.2) is 11.6 Å². The van der Waals surface area contributed by atoms with Crippen LogP contribution in [0, 0.1) is 31.3 Å². The summed E-state index contributed by atoms with van der Waals surface area (Å²) < 4.78 is 42.8. The smallest absolute Gasteiger partial charge is 0.267 e. The van der Waals surface area contributed by atoms with Crippen LogP contribution in [-0.2, 0) is 6.54 Å². The molecule has 0 spiro atoms. The predicted octanol–water partition coefficient (Wildman–Crippen LogP) is 3.86. The Labute approximate surface area is 186 Å². The third kappa shape index (κ3) is 4.14. The molecule has 3 N–H and O–H groups in total. The Bertz CT molecular complexity index is 1430. The van der Waals surface area contributed by atoms with Crippen molar-refractivity contribution in [1.82, 2.24) is 14.8 Å². The van der Waals surface area contributed by atoms with E-state index < -0.39 is 29.3 Å². The minimum atomic E-state index is -0.973. The van der Waals surface area contributed by atoms with Gasteiger partial charge in [0, 0.05) is 5.39 Å². The highest BCUT2D eigenvalue weighted by Gasteiger charge is 2.21. The van der Waals surface area contributed by atoms with E-state index in [4.69, 9.17) is 5.73 Å². The van der Waals surface area contributed by atoms with Crippen LogP contribution in [0.15, 0.2) is 42.5 Å². The van der Waals surface area contributed by atoms with Crippen molar-refractivity contribution in [2.45, 2.75) is 20.4 Å². The zero-order valence-electron chi connectivity index (χ0n) is 17.6. The van der Waals surface area contributed by atoms with Crippen molar-refractivity contribution in [3.05, 3.63) is 88.1 Å². The van der Waals surface area contributed by atoms with E-state index in [2.05, 4.69) is 15.4 Å².